The SMILES string of the molecule is COc1ccc(C)cc1NC(=O)c1cccc(C(=O)NCc2ccco2)c1. The van der Waals surface area contributed by atoms with Gasteiger partial charge in [0.15, 0.2) is 0 Å². The van der Waals surface area contributed by atoms with Crippen LogP contribution in [0.5, 0.6) is 5.75 Å². The van der Waals surface area contributed by atoms with Gasteiger partial charge in [0.05, 0.1) is 25.6 Å². The van der Waals surface area contributed by atoms with E-state index in [1.165, 1.54) is 0 Å². The first-order chi connectivity index (χ1) is 13.1. The number of hydrogen-bond donors (Lipinski definition) is 2. The van der Waals surface area contributed by atoms with Crippen LogP contribution in [0.3, 0.4) is 0 Å². The summed E-state index contributed by atoms with van der Waals surface area (Å²) in [7, 11) is 1.55. The van der Waals surface area contributed by atoms with Crippen molar-refractivity contribution in [2.75, 3.05) is 12.4 Å². The van der Waals surface area contributed by atoms with E-state index in [2.05, 4.69) is 10.6 Å². The van der Waals surface area contributed by atoms with E-state index in [1.807, 2.05) is 19.1 Å². The third kappa shape index (κ3) is 4.55. The normalized spacial score (nSPS) is 10.3. The largest absolute Gasteiger partial charge is 0.495 e. The lowest BCUT2D eigenvalue weighted by Crippen LogP contribution is -2.23. The second kappa shape index (κ2) is 8.23. The molecule has 1 heterocycles. The Morgan fingerprint density at radius 1 is 1.00 bits per heavy atom. The highest BCUT2D eigenvalue weighted by Crippen LogP contribution is 2.25. The maximum absolute atomic E-state index is 12.6. The topological polar surface area (TPSA) is 80.6 Å². The molecule has 0 bridgehead atoms. The van der Waals surface area contributed by atoms with E-state index in [1.54, 1.807) is 55.8 Å². The molecule has 0 aliphatic heterocycles. The quantitative estimate of drug-likeness (QED) is 0.697. The van der Waals surface area contributed by atoms with Crippen LogP contribution in [0.2, 0.25) is 0 Å². The molecule has 6 heteroatoms. The number of anilines is 1. The molecule has 0 radical (unpaired) electrons. The molecule has 2 N–H and O–H groups in total. The fraction of sp³-hybridized carbons (Fsp3) is 0.143. The Bertz CT molecular complexity index is 949. The maximum Gasteiger partial charge on any atom is 0.255 e. The first kappa shape index (κ1) is 18.3. The van der Waals surface area contributed by atoms with Crippen LogP contribution in [0, 0.1) is 6.92 Å². The van der Waals surface area contributed by atoms with Gasteiger partial charge in [-0.05, 0) is 55.0 Å². The summed E-state index contributed by atoms with van der Waals surface area (Å²) < 4.78 is 10.5. The van der Waals surface area contributed by atoms with Crippen molar-refractivity contribution in [2.24, 2.45) is 0 Å². The minimum Gasteiger partial charge on any atom is -0.495 e. The average Bonchev–Trinajstić information content (AvgIpc) is 3.20. The zero-order valence-electron chi connectivity index (χ0n) is 15.1. The second-order valence-corrected chi connectivity index (χ2v) is 6.00. The lowest BCUT2D eigenvalue weighted by molar-refractivity contribution is 0.0948. The summed E-state index contributed by atoms with van der Waals surface area (Å²) in [6.07, 6.45) is 1.55. The van der Waals surface area contributed by atoms with E-state index in [9.17, 15) is 9.59 Å². The monoisotopic (exact) mass is 364 g/mol. The molecule has 6 nitrogen and oxygen atoms in total. The van der Waals surface area contributed by atoms with Crippen LogP contribution in [0.1, 0.15) is 32.0 Å². The predicted molar refractivity (Wildman–Crippen MR) is 102 cm³/mol. The number of aryl methyl sites for hydroxylation is 1. The lowest BCUT2D eigenvalue weighted by Gasteiger charge is -2.11. The molecule has 2 aromatic carbocycles. The van der Waals surface area contributed by atoms with E-state index in [0.29, 0.717) is 28.3 Å². The Morgan fingerprint density at radius 3 is 2.48 bits per heavy atom. The number of rotatable bonds is 6. The van der Waals surface area contributed by atoms with E-state index in [4.69, 9.17) is 9.15 Å². The molecule has 3 rings (SSSR count). The highest BCUT2D eigenvalue weighted by Gasteiger charge is 2.13. The van der Waals surface area contributed by atoms with Gasteiger partial charge in [-0.2, -0.15) is 0 Å². The van der Waals surface area contributed by atoms with Crippen molar-refractivity contribution < 1.29 is 18.7 Å². The van der Waals surface area contributed by atoms with Gasteiger partial charge in [0.25, 0.3) is 11.8 Å². The van der Waals surface area contributed by atoms with Gasteiger partial charge < -0.3 is 19.8 Å². The summed E-state index contributed by atoms with van der Waals surface area (Å²) >= 11 is 0. The molecule has 138 valence electrons. The molecule has 0 atom stereocenters. The van der Waals surface area contributed by atoms with Gasteiger partial charge in [0.2, 0.25) is 0 Å². The van der Waals surface area contributed by atoms with E-state index in [0.717, 1.165) is 5.56 Å². The zero-order valence-corrected chi connectivity index (χ0v) is 15.1. The number of ether oxygens (including phenoxy) is 1. The fourth-order valence-electron chi connectivity index (χ4n) is 2.60. The van der Waals surface area contributed by atoms with Crippen LogP contribution in [-0.2, 0) is 6.54 Å². The molecule has 0 fully saturated rings. The molecular formula is C21H20N2O4. The number of nitrogens with one attached hydrogen (secondary N) is 2. The second-order valence-electron chi connectivity index (χ2n) is 6.00. The minimum atomic E-state index is -0.320. The van der Waals surface area contributed by atoms with Crippen molar-refractivity contribution in [1.29, 1.82) is 0 Å². The van der Waals surface area contributed by atoms with Crippen LogP contribution in [0.4, 0.5) is 5.69 Å². The predicted octanol–water partition coefficient (Wildman–Crippen LogP) is 3.78. The maximum atomic E-state index is 12.6. The number of carbonyl (C=O) groups is 2. The number of benzene rings is 2. The minimum absolute atomic E-state index is 0.281. The van der Waals surface area contributed by atoms with Crippen molar-refractivity contribution in [3.05, 3.63) is 83.3 Å². The zero-order chi connectivity index (χ0) is 19.2. The molecule has 0 spiro atoms. The highest BCUT2D eigenvalue weighted by molar-refractivity contribution is 6.06. The lowest BCUT2D eigenvalue weighted by atomic mass is 10.1. The molecule has 27 heavy (non-hydrogen) atoms. The van der Waals surface area contributed by atoms with Gasteiger partial charge in [-0.25, -0.2) is 0 Å². The van der Waals surface area contributed by atoms with Gasteiger partial charge in [-0.3, -0.25) is 9.59 Å². The average molecular weight is 364 g/mol. The third-order valence-electron chi connectivity index (χ3n) is 3.99. The van der Waals surface area contributed by atoms with Gasteiger partial charge in [0, 0.05) is 11.1 Å². The van der Waals surface area contributed by atoms with E-state index < -0.39 is 0 Å². The van der Waals surface area contributed by atoms with Crippen LogP contribution in [-0.4, -0.2) is 18.9 Å². The number of hydrogen-bond acceptors (Lipinski definition) is 4. The van der Waals surface area contributed by atoms with Gasteiger partial charge in [-0.15, -0.1) is 0 Å². The van der Waals surface area contributed by atoms with E-state index >= 15 is 0 Å². The third-order valence-corrected chi connectivity index (χ3v) is 3.99. The molecule has 3 aromatic rings. The first-order valence-electron chi connectivity index (χ1n) is 8.43. The molecule has 1 aromatic heterocycles. The van der Waals surface area contributed by atoms with Crippen molar-refractivity contribution in [3.63, 3.8) is 0 Å². The summed E-state index contributed by atoms with van der Waals surface area (Å²) in [6.45, 7) is 2.21. The van der Waals surface area contributed by atoms with Gasteiger partial charge in [0.1, 0.15) is 11.5 Å². The number of furan rings is 1. The Kier molecular flexibility index (Phi) is 5.56. The molecular weight excluding hydrogens is 344 g/mol. The van der Waals surface area contributed by atoms with Crippen molar-refractivity contribution >= 4 is 17.5 Å². The molecule has 2 amide bonds. The summed E-state index contributed by atoms with van der Waals surface area (Å²) in [6, 6.07) is 15.6. The number of amides is 2. The van der Waals surface area contributed by atoms with Crippen LogP contribution in [0.15, 0.2) is 65.3 Å². The van der Waals surface area contributed by atoms with Crippen molar-refractivity contribution in [1.82, 2.24) is 5.32 Å². The Morgan fingerprint density at radius 2 is 1.78 bits per heavy atom. The summed E-state index contributed by atoms with van der Waals surface area (Å²) in [5.41, 5.74) is 2.35. The number of carbonyl (C=O) groups excluding carboxylic acids is 2. The number of methoxy groups -OCH3 is 1. The van der Waals surface area contributed by atoms with E-state index in [-0.39, 0.29) is 18.4 Å². The summed E-state index contributed by atoms with van der Waals surface area (Å²) in [4.78, 5) is 24.9. The fourth-order valence-corrected chi connectivity index (χ4v) is 2.60. The standard InChI is InChI=1S/C21H20N2O4/c1-14-8-9-19(26-2)18(11-14)23-21(25)16-6-3-5-15(12-16)20(24)22-13-17-7-4-10-27-17/h3-12H,13H2,1-2H3,(H,22,24)(H,23,25). The van der Waals surface area contributed by atoms with Gasteiger partial charge in [-0.1, -0.05) is 12.1 Å². The Balaban J connectivity index is 1.72. The van der Waals surface area contributed by atoms with Crippen LogP contribution in [0.25, 0.3) is 0 Å². The smallest absolute Gasteiger partial charge is 0.255 e. The molecule has 0 unspecified atom stereocenters. The first-order valence-corrected chi connectivity index (χ1v) is 8.43. The van der Waals surface area contributed by atoms with Crippen LogP contribution < -0.4 is 15.4 Å². The van der Waals surface area contributed by atoms with Crippen molar-refractivity contribution in [2.45, 2.75) is 13.5 Å². The highest BCUT2D eigenvalue weighted by atomic mass is 16.5. The van der Waals surface area contributed by atoms with Crippen LogP contribution >= 0.6 is 0 Å². The molecule has 0 saturated heterocycles. The molecule has 0 aliphatic carbocycles. The van der Waals surface area contributed by atoms with Gasteiger partial charge >= 0.3 is 0 Å². The molecule has 0 saturated carbocycles. The summed E-state index contributed by atoms with van der Waals surface area (Å²) in [5, 5.41) is 5.59. The Hall–Kier alpha value is -3.54. The molecule has 0 aliphatic rings. The summed E-state index contributed by atoms with van der Waals surface area (Å²) in [5.74, 6) is 0.624. The van der Waals surface area contributed by atoms with Crippen molar-refractivity contribution in [3.8, 4) is 5.75 Å². The Labute approximate surface area is 157 Å².